The lowest BCUT2D eigenvalue weighted by atomic mass is 9.85. The van der Waals surface area contributed by atoms with Crippen molar-refractivity contribution in [3.63, 3.8) is 0 Å². The van der Waals surface area contributed by atoms with E-state index in [9.17, 15) is 5.26 Å². The van der Waals surface area contributed by atoms with Crippen molar-refractivity contribution in [1.29, 1.82) is 5.26 Å². The van der Waals surface area contributed by atoms with E-state index in [4.69, 9.17) is 6.57 Å². The molecule has 0 aromatic heterocycles. The summed E-state index contributed by atoms with van der Waals surface area (Å²) >= 11 is 0. The van der Waals surface area contributed by atoms with Crippen LogP contribution in [0.25, 0.3) is 70.9 Å². The van der Waals surface area contributed by atoms with Crippen molar-refractivity contribution in [2.45, 2.75) is 0 Å². The molecule has 42 heavy (non-hydrogen) atoms. The molecule has 0 aliphatic carbocycles. The Morgan fingerprint density at radius 3 is 1.50 bits per heavy atom. The monoisotopic (exact) mass is 532 g/mol. The van der Waals surface area contributed by atoms with Crippen molar-refractivity contribution in [3.8, 4) is 50.6 Å². The minimum absolute atomic E-state index is 0.641. The number of hydrogen-bond donors (Lipinski definition) is 0. The minimum Gasteiger partial charge on any atom is -0.238 e. The van der Waals surface area contributed by atoms with Crippen LogP contribution in [0.2, 0.25) is 0 Å². The molecule has 0 aliphatic heterocycles. The fourth-order valence-electron chi connectivity index (χ4n) is 5.96. The van der Waals surface area contributed by atoms with Crippen LogP contribution in [0, 0.1) is 17.9 Å². The van der Waals surface area contributed by atoms with E-state index in [1.807, 2.05) is 42.5 Å². The molecule has 0 aliphatic rings. The predicted molar refractivity (Wildman–Crippen MR) is 174 cm³/mol. The lowest BCUT2D eigenvalue weighted by Gasteiger charge is -2.18. The zero-order valence-corrected chi connectivity index (χ0v) is 22.8. The summed E-state index contributed by atoms with van der Waals surface area (Å²) in [6.45, 7) is 7.44. The molecule has 0 amide bonds. The summed E-state index contributed by atoms with van der Waals surface area (Å²) in [5, 5.41) is 14.1. The van der Waals surface area contributed by atoms with Gasteiger partial charge in [0.15, 0.2) is 5.69 Å². The first-order valence-corrected chi connectivity index (χ1v) is 13.9. The molecule has 0 fully saturated rings. The summed E-state index contributed by atoms with van der Waals surface area (Å²) in [5.74, 6) is 0. The molecule has 0 heterocycles. The molecular weight excluding hydrogens is 508 g/mol. The Morgan fingerprint density at radius 1 is 0.429 bits per heavy atom. The van der Waals surface area contributed by atoms with Gasteiger partial charge in [-0.2, -0.15) is 5.26 Å². The second-order valence-electron chi connectivity index (χ2n) is 10.4. The fraction of sp³-hybridized carbons (Fsp3) is 0. The highest BCUT2D eigenvalue weighted by atomic mass is 14.6. The molecule has 7 rings (SSSR count). The highest BCUT2D eigenvalue weighted by molar-refractivity contribution is 6.21. The van der Waals surface area contributed by atoms with Crippen LogP contribution in [0.5, 0.6) is 0 Å². The van der Waals surface area contributed by atoms with Gasteiger partial charge in [0.1, 0.15) is 0 Å². The zero-order chi connectivity index (χ0) is 28.5. The third-order valence-corrected chi connectivity index (χ3v) is 7.89. The first kappa shape index (κ1) is 25.0. The Hall–Kier alpha value is -5.96. The molecule has 194 valence electrons. The molecule has 2 nitrogen and oxygen atoms in total. The van der Waals surface area contributed by atoms with E-state index < -0.39 is 0 Å². The summed E-state index contributed by atoms with van der Waals surface area (Å²) in [5.41, 5.74) is 10.3. The van der Waals surface area contributed by atoms with Gasteiger partial charge in [0.05, 0.1) is 18.2 Å². The topological polar surface area (TPSA) is 28.1 Å². The Morgan fingerprint density at radius 2 is 0.905 bits per heavy atom. The van der Waals surface area contributed by atoms with Gasteiger partial charge in [-0.25, -0.2) is 4.85 Å². The first-order valence-electron chi connectivity index (χ1n) is 13.9. The SMILES string of the molecule is [C-]#[N+]c1cccc(-c2cccc(-c3c4ccccc4c(-c4ccc(-c5cccc(C#N)c5)cc4)c4ccccc34)c2)c1. The van der Waals surface area contributed by atoms with E-state index in [0.29, 0.717) is 11.3 Å². The summed E-state index contributed by atoms with van der Waals surface area (Å²) in [4.78, 5) is 3.63. The molecule has 2 heteroatoms. The standard InChI is InChI=1S/C40H24N2/c1-42-34-14-8-12-32(25-34)31-11-7-13-33(24-31)40-37-17-4-2-15-35(37)39(36-16-3-5-18-38(36)40)29-21-19-28(20-22-29)30-10-6-9-27(23-30)26-41/h2-25H. The van der Waals surface area contributed by atoms with E-state index in [0.717, 1.165) is 33.4 Å². The van der Waals surface area contributed by atoms with Gasteiger partial charge in [0, 0.05) is 0 Å². The van der Waals surface area contributed by atoms with Crippen LogP contribution in [-0.2, 0) is 0 Å². The Balaban J connectivity index is 1.43. The van der Waals surface area contributed by atoms with E-state index >= 15 is 0 Å². The van der Waals surface area contributed by atoms with Gasteiger partial charge in [-0.1, -0.05) is 121 Å². The van der Waals surface area contributed by atoms with Gasteiger partial charge in [-0.3, -0.25) is 0 Å². The smallest absolute Gasteiger partial charge is 0.187 e. The number of fused-ring (bicyclic) bond motifs is 2. The van der Waals surface area contributed by atoms with Crippen molar-refractivity contribution in [3.05, 3.63) is 163 Å². The maximum Gasteiger partial charge on any atom is 0.187 e. The predicted octanol–water partition coefficient (Wildman–Crippen LogP) is 11.1. The molecule has 7 aromatic rings. The third kappa shape index (κ3) is 4.39. The van der Waals surface area contributed by atoms with Gasteiger partial charge in [-0.15, -0.1) is 0 Å². The highest BCUT2D eigenvalue weighted by Crippen LogP contribution is 2.44. The molecule has 0 unspecified atom stereocenters. The molecule has 0 N–H and O–H groups in total. The van der Waals surface area contributed by atoms with Gasteiger partial charge >= 0.3 is 0 Å². The Kier molecular flexibility index (Phi) is 6.29. The number of benzene rings is 7. The summed E-state index contributed by atoms with van der Waals surface area (Å²) in [6.07, 6.45) is 0. The van der Waals surface area contributed by atoms with E-state index in [1.165, 1.54) is 32.7 Å². The Labute approximate surface area is 245 Å². The van der Waals surface area contributed by atoms with Crippen molar-refractivity contribution in [1.82, 2.24) is 0 Å². The van der Waals surface area contributed by atoms with Crippen molar-refractivity contribution >= 4 is 27.2 Å². The summed E-state index contributed by atoms with van der Waals surface area (Å²) < 4.78 is 0. The van der Waals surface area contributed by atoms with E-state index in [-0.39, 0.29) is 0 Å². The molecular formula is C40H24N2. The van der Waals surface area contributed by atoms with Crippen molar-refractivity contribution in [2.75, 3.05) is 0 Å². The third-order valence-electron chi connectivity index (χ3n) is 7.89. The average Bonchev–Trinajstić information content (AvgIpc) is 3.07. The summed E-state index contributed by atoms with van der Waals surface area (Å²) in [6, 6.07) is 52.4. The van der Waals surface area contributed by atoms with Crippen LogP contribution >= 0.6 is 0 Å². The molecule has 7 aromatic carbocycles. The number of nitriles is 1. The number of rotatable bonds is 4. The quantitative estimate of drug-likeness (QED) is 0.164. The van der Waals surface area contributed by atoms with Crippen LogP contribution in [0.3, 0.4) is 0 Å². The second kappa shape index (κ2) is 10.5. The highest BCUT2D eigenvalue weighted by Gasteiger charge is 2.17. The second-order valence-corrected chi connectivity index (χ2v) is 10.4. The molecule has 0 radical (unpaired) electrons. The van der Waals surface area contributed by atoms with Crippen LogP contribution in [0.4, 0.5) is 5.69 Å². The van der Waals surface area contributed by atoms with Crippen LogP contribution in [-0.4, -0.2) is 0 Å². The maximum absolute atomic E-state index is 9.34. The lowest BCUT2D eigenvalue weighted by molar-refractivity contribution is 1.48. The maximum atomic E-state index is 9.34. The number of hydrogen-bond acceptors (Lipinski definition) is 1. The van der Waals surface area contributed by atoms with Gasteiger partial charge in [-0.05, 0) is 90.3 Å². The van der Waals surface area contributed by atoms with Gasteiger partial charge in [0.2, 0.25) is 0 Å². The van der Waals surface area contributed by atoms with Gasteiger partial charge < -0.3 is 0 Å². The van der Waals surface area contributed by atoms with Crippen molar-refractivity contribution in [2.24, 2.45) is 0 Å². The largest absolute Gasteiger partial charge is 0.238 e. The molecule has 0 spiro atoms. The fourth-order valence-corrected chi connectivity index (χ4v) is 5.96. The normalized spacial score (nSPS) is 10.8. The average molecular weight is 533 g/mol. The first-order chi connectivity index (χ1) is 20.7. The Bertz CT molecular complexity index is 2150. The van der Waals surface area contributed by atoms with Crippen LogP contribution < -0.4 is 0 Å². The number of nitrogens with zero attached hydrogens (tertiary/aromatic N) is 2. The molecule has 0 saturated carbocycles. The van der Waals surface area contributed by atoms with E-state index in [1.54, 1.807) is 0 Å². The molecule has 0 saturated heterocycles. The van der Waals surface area contributed by atoms with Gasteiger partial charge in [0.25, 0.3) is 0 Å². The zero-order valence-electron chi connectivity index (χ0n) is 22.8. The lowest BCUT2D eigenvalue weighted by Crippen LogP contribution is -1.91. The van der Waals surface area contributed by atoms with Crippen LogP contribution in [0.15, 0.2) is 146 Å². The molecule has 0 bridgehead atoms. The van der Waals surface area contributed by atoms with E-state index in [2.05, 4.69) is 114 Å². The minimum atomic E-state index is 0.641. The van der Waals surface area contributed by atoms with Crippen LogP contribution in [0.1, 0.15) is 5.56 Å². The van der Waals surface area contributed by atoms with Crippen molar-refractivity contribution < 1.29 is 0 Å². The summed E-state index contributed by atoms with van der Waals surface area (Å²) in [7, 11) is 0. The molecule has 0 atom stereocenters.